The predicted molar refractivity (Wildman–Crippen MR) is 110 cm³/mol. The molecule has 4 amide bonds. The summed E-state index contributed by atoms with van der Waals surface area (Å²) in [6, 6.07) is 16.2. The number of hydrogen-bond acceptors (Lipinski definition) is 4. The number of rotatable bonds is 4. The summed E-state index contributed by atoms with van der Waals surface area (Å²) in [4.78, 5) is 54.8. The lowest BCUT2D eigenvalue weighted by atomic mass is 10.1. The lowest BCUT2D eigenvalue weighted by Crippen LogP contribution is -2.44. The van der Waals surface area contributed by atoms with E-state index in [1.54, 1.807) is 34.1 Å². The summed E-state index contributed by atoms with van der Waals surface area (Å²) < 4.78 is 0. The van der Waals surface area contributed by atoms with Gasteiger partial charge in [-0.25, -0.2) is 0 Å². The van der Waals surface area contributed by atoms with Crippen LogP contribution in [0.25, 0.3) is 0 Å². The van der Waals surface area contributed by atoms with Gasteiger partial charge < -0.3 is 9.80 Å². The third-order valence-electron chi connectivity index (χ3n) is 5.57. The highest BCUT2D eigenvalue weighted by Crippen LogP contribution is 2.22. The standard InChI is InChI=1S/C23H23N3O4/c27-20(15-17-7-2-1-3-8-17)24-11-6-12-25(14-13-24)21(28)16-26-22(29)18-9-4-5-10-19(18)23(26)30/h1-5,7-10H,6,11-16H2. The minimum Gasteiger partial charge on any atom is -0.341 e. The smallest absolute Gasteiger partial charge is 0.262 e. The molecule has 154 valence electrons. The van der Waals surface area contributed by atoms with Crippen LogP contribution >= 0.6 is 0 Å². The first kappa shape index (κ1) is 19.8. The van der Waals surface area contributed by atoms with E-state index in [1.807, 2.05) is 30.3 Å². The van der Waals surface area contributed by atoms with Crippen molar-refractivity contribution in [2.45, 2.75) is 12.8 Å². The fraction of sp³-hybridized carbons (Fsp3) is 0.304. The Balaban J connectivity index is 1.34. The zero-order valence-corrected chi connectivity index (χ0v) is 16.6. The highest BCUT2D eigenvalue weighted by Gasteiger charge is 2.37. The van der Waals surface area contributed by atoms with E-state index in [1.165, 1.54) is 0 Å². The number of amides is 4. The summed E-state index contributed by atoms with van der Waals surface area (Å²) in [5.74, 6) is -1.10. The molecule has 0 bridgehead atoms. The summed E-state index contributed by atoms with van der Waals surface area (Å²) in [5, 5.41) is 0. The summed E-state index contributed by atoms with van der Waals surface area (Å²) in [5.41, 5.74) is 1.64. The molecule has 2 aromatic carbocycles. The quantitative estimate of drug-likeness (QED) is 0.724. The van der Waals surface area contributed by atoms with Gasteiger partial charge in [-0.15, -0.1) is 0 Å². The average molecular weight is 405 g/mol. The number of hydrogen-bond donors (Lipinski definition) is 0. The monoisotopic (exact) mass is 405 g/mol. The van der Waals surface area contributed by atoms with E-state index in [-0.39, 0.29) is 18.4 Å². The average Bonchev–Trinajstić information content (AvgIpc) is 2.94. The van der Waals surface area contributed by atoms with Crippen molar-refractivity contribution in [3.05, 3.63) is 71.3 Å². The first-order valence-corrected chi connectivity index (χ1v) is 10.1. The summed E-state index contributed by atoms with van der Waals surface area (Å²) in [6.07, 6.45) is 0.998. The van der Waals surface area contributed by atoms with Crippen LogP contribution in [-0.4, -0.2) is 71.1 Å². The highest BCUT2D eigenvalue weighted by molar-refractivity contribution is 6.22. The van der Waals surface area contributed by atoms with Crippen LogP contribution in [0.1, 0.15) is 32.7 Å². The van der Waals surface area contributed by atoms with Gasteiger partial charge in [0, 0.05) is 26.2 Å². The molecule has 4 rings (SSSR count). The van der Waals surface area contributed by atoms with Gasteiger partial charge in [-0.3, -0.25) is 24.1 Å². The lowest BCUT2D eigenvalue weighted by molar-refractivity contribution is -0.133. The maximum atomic E-state index is 12.8. The molecular formula is C23H23N3O4. The van der Waals surface area contributed by atoms with Crippen molar-refractivity contribution in [1.29, 1.82) is 0 Å². The third kappa shape index (κ3) is 3.96. The van der Waals surface area contributed by atoms with E-state index < -0.39 is 11.8 Å². The van der Waals surface area contributed by atoms with E-state index in [4.69, 9.17) is 0 Å². The van der Waals surface area contributed by atoms with Crippen LogP contribution in [-0.2, 0) is 16.0 Å². The molecule has 0 saturated carbocycles. The molecule has 2 heterocycles. The number of nitrogens with zero attached hydrogens (tertiary/aromatic N) is 3. The molecule has 2 aliphatic heterocycles. The van der Waals surface area contributed by atoms with Crippen molar-refractivity contribution < 1.29 is 19.2 Å². The Morgan fingerprint density at radius 1 is 0.700 bits per heavy atom. The molecule has 0 N–H and O–H groups in total. The van der Waals surface area contributed by atoms with Gasteiger partial charge in [-0.05, 0) is 24.1 Å². The molecule has 7 nitrogen and oxygen atoms in total. The fourth-order valence-electron chi connectivity index (χ4n) is 3.92. The Labute approximate surface area is 174 Å². The van der Waals surface area contributed by atoms with E-state index in [2.05, 4.69) is 0 Å². The van der Waals surface area contributed by atoms with Gasteiger partial charge >= 0.3 is 0 Å². The minimum atomic E-state index is -0.432. The third-order valence-corrected chi connectivity index (χ3v) is 5.57. The van der Waals surface area contributed by atoms with Crippen LogP contribution in [0.4, 0.5) is 0 Å². The fourth-order valence-corrected chi connectivity index (χ4v) is 3.92. The molecule has 7 heteroatoms. The molecule has 2 aliphatic rings. The molecule has 1 saturated heterocycles. The second kappa shape index (κ2) is 8.49. The van der Waals surface area contributed by atoms with Crippen molar-refractivity contribution in [2.24, 2.45) is 0 Å². The van der Waals surface area contributed by atoms with E-state index >= 15 is 0 Å². The Kier molecular flexibility index (Phi) is 5.61. The molecule has 2 aromatic rings. The number of carbonyl (C=O) groups is 4. The number of imide groups is 1. The summed E-state index contributed by atoms with van der Waals surface area (Å²) >= 11 is 0. The van der Waals surface area contributed by atoms with Gasteiger partial charge in [-0.1, -0.05) is 42.5 Å². The molecule has 0 unspecified atom stereocenters. The Morgan fingerprint density at radius 2 is 1.23 bits per heavy atom. The van der Waals surface area contributed by atoms with Crippen molar-refractivity contribution in [3.8, 4) is 0 Å². The zero-order valence-electron chi connectivity index (χ0n) is 16.6. The van der Waals surface area contributed by atoms with Crippen molar-refractivity contribution in [1.82, 2.24) is 14.7 Å². The Bertz CT molecular complexity index is 954. The molecule has 0 atom stereocenters. The number of carbonyl (C=O) groups excluding carboxylic acids is 4. The van der Waals surface area contributed by atoms with Gasteiger partial charge in [0.2, 0.25) is 11.8 Å². The topological polar surface area (TPSA) is 78.0 Å². The van der Waals surface area contributed by atoms with Gasteiger partial charge in [0.1, 0.15) is 6.54 Å². The van der Waals surface area contributed by atoms with Crippen LogP contribution in [0.2, 0.25) is 0 Å². The molecule has 1 fully saturated rings. The van der Waals surface area contributed by atoms with Crippen LogP contribution in [0, 0.1) is 0 Å². The second-order valence-corrected chi connectivity index (χ2v) is 7.52. The molecule has 30 heavy (non-hydrogen) atoms. The van der Waals surface area contributed by atoms with Gasteiger partial charge in [0.05, 0.1) is 17.5 Å². The van der Waals surface area contributed by atoms with E-state index in [0.717, 1.165) is 10.5 Å². The second-order valence-electron chi connectivity index (χ2n) is 7.52. The highest BCUT2D eigenvalue weighted by atomic mass is 16.2. The zero-order chi connectivity index (χ0) is 21.1. The number of fused-ring (bicyclic) bond motifs is 1. The Hall–Kier alpha value is -3.48. The van der Waals surface area contributed by atoms with Crippen LogP contribution in [0.5, 0.6) is 0 Å². The van der Waals surface area contributed by atoms with Crippen LogP contribution < -0.4 is 0 Å². The first-order valence-electron chi connectivity index (χ1n) is 10.1. The molecule has 0 spiro atoms. The SMILES string of the molecule is O=C(Cc1ccccc1)N1CCCN(C(=O)CN2C(=O)c3ccccc3C2=O)CC1. The van der Waals surface area contributed by atoms with Crippen LogP contribution in [0.3, 0.4) is 0 Å². The molecular weight excluding hydrogens is 382 g/mol. The molecule has 0 aromatic heterocycles. The summed E-state index contributed by atoms with van der Waals surface area (Å²) in [6.45, 7) is 1.64. The largest absolute Gasteiger partial charge is 0.341 e. The van der Waals surface area contributed by atoms with Crippen molar-refractivity contribution in [2.75, 3.05) is 32.7 Å². The van der Waals surface area contributed by atoms with Crippen molar-refractivity contribution >= 4 is 23.6 Å². The summed E-state index contributed by atoms with van der Waals surface area (Å²) in [7, 11) is 0. The van der Waals surface area contributed by atoms with Gasteiger partial charge in [0.25, 0.3) is 11.8 Å². The normalized spacial score (nSPS) is 16.5. The number of benzene rings is 2. The van der Waals surface area contributed by atoms with Crippen LogP contribution in [0.15, 0.2) is 54.6 Å². The van der Waals surface area contributed by atoms with Gasteiger partial charge in [0.15, 0.2) is 0 Å². The maximum absolute atomic E-state index is 12.8. The van der Waals surface area contributed by atoms with Crippen molar-refractivity contribution in [3.63, 3.8) is 0 Å². The Morgan fingerprint density at radius 3 is 1.83 bits per heavy atom. The predicted octanol–water partition coefficient (Wildman–Crippen LogP) is 1.59. The van der Waals surface area contributed by atoms with Gasteiger partial charge in [-0.2, -0.15) is 0 Å². The first-order chi connectivity index (χ1) is 14.5. The van der Waals surface area contributed by atoms with E-state index in [9.17, 15) is 19.2 Å². The lowest BCUT2D eigenvalue weighted by Gasteiger charge is -2.24. The molecule has 0 aliphatic carbocycles. The maximum Gasteiger partial charge on any atom is 0.262 e. The minimum absolute atomic E-state index is 0.0378. The van der Waals surface area contributed by atoms with E-state index in [0.29, 0.717) is 50.1 Å². The molecule has 0 radical (unpaired) electrons.